The highest BCUT2D eigenvalue weighted by molar-refractivity contribution is 6.08. The van der Waals surface area contributed by atoms with Gasteiger partial charge >= 0.3 is 23.9 Å². The summed E-state index contributed by atoms with van der Waals surface area (Å²) < 4.78 is 0. The van der Waals surface area contributed by atoms with E-state index in [9.17, 15) is 29.4 Å². The Morgan fingerprint density at radius 1 is 0.625 bits per heavy atom. The van der Waals surface area contributed by atoms with E-state index in [-0.39, 0.29) is 16.7 Å². The Kier molecular flexibility index (Phi) is 4.32. The summed E-state index contributed by atoms with van der Waals surface area (Å²) in [7, 11) is 0. The molecule has 0 atom stereocenters. The fourth-order valence-electron chi connectivity index (χ4n) is 2.18. The third-order valence-electron chi connectivity index (χ3n) is 3.27. The molecule has 0 saturated heterocycles. The van der Waals surface area contributed by atoms with Gasteiger partial charge in [0.25, 0.3) is 0 Å². The highest BCUT2D eigenvalue weighted by atomic mass is 16.4. The molecule has 2 rings (SSSR count). The van der Waals surface area contributed by atoms with Crippen molar-refractivity contribution in [3.63, 3.8) is 0 Å². The number of hydrogen-bond acceptors (Lipinski definition) is 4. The van der Waals surface area contributed by atoms with Gasteiger partial charge in [0, 0.05) is 0 Å². The molecule has 0 heterocycles. The monoisotopic (exact) mass is 330 g/mol. The molecule has 8 heteroatoms. The van der Waals surface area contributed by atoms with Gasteiger partial charge in [0.2, 0.25) is 0 Å². The van der Waals surface area contributed by atoms with E-state index >= 15 is 0 Å². The molecule has 2 aromatic carbocycles. The van der Waals surface area contributed by atoms with Gasteiger partial charge in [-0.2, -0.15) is 0 Å². The number of benzene rings is 2. The van der Waals surface area contributed by atoms with Crippen LogP contribution < -0.4 is 0 Å². The summed E-state index contributed by atoms with van der Waals surface area (Å²) in [4.78, 5) is 44.8. The Hall–Kier alpha value is -3.68. The van der Waals surface area contributed by atoms with Crippen molar-refractivity contribution in [2.24, 2.45) is 0 Å². The molecule has 24 heavy (non-hydrogen) atoms. The molecule has 0 fully saturated rings. The van der Waals surface area contributed by atoms with Crippen LogP contribution in [-0.2, 0) is 0 Å². The van der Waals surface area contributed by atoms with Crippen LogP contribution in [0.3, 0.4) is 0 Å². The zero-order chi connectivity index (χ0) is 18.0. The number of carboxylic acids is 4. The van der Waals surface area contributed by atoms with Crippen molar-refractivity contribution in [3.05, 3.63) is 58.7 Å². The molecule has 8 nitrogen and oxygen atoms in total. The summed E-state index contributed by atoms with van der Waals surface area (Å²) in [5.74, 6) is -5.73. The van der Waals surface area contributed by atoms with Crippen molar-refractivity contribution in [1.82, 2.24) is 0 Å². The van der Waals surface area contributed by atoms with E-state index in [0.717, 1.165) is 12.1 Å². The van der Waals surface area contributed by atoms with Crippen molar-refractivity contribution >= 4 is 23.9 Å². The average molecular weight is 330 g/mol. The molecule has 0 radical (unpaired) electrons. The summed E-state index contributed by atoms with van der Waals surface area (Å²) in [6.07, 6.45) is 0. The number of rotatable bonds is 5. The normalized spacial score (nSPS) is 10.2. The van der Waals surface area contributed by atoms with Crippen LogP contribution in [0.25, 0.3) is 11.1 Å². The van der Waals surface area contributed by atoms with Crippen LogP contribution in [0.5, 0.6) is 0 Å². The van der Waals surface area contributed by atoms with Crippen LogP contribution in [0.4, 0.5) is 0 Å². The van der Waals surface area contributed by atoms with E-state index in [2.05, 4.69) is 0 Å². The van der Waals surface area contributed by atoms with Crippen LogP contribution in [0.2, 0.25) is 0 Å². The minimum atomic E-state index is -1.58. The standard InChI is InChI=1S/C16H10O8/c17-13(18)8-3-1-7(2-4-8)10-5-9(14(19)20)6-11(15(21)22)12(10)16(23)24/h1-6H,(H,17,18)(H,19,20)(H,21,22)(H,23,24). The number of hydrogen-bond donors (Lipinski definition) is 4. The van der Waals surface area contributed by atoms with Gasteiger partial charge in [-0.1, -0.05) is 12.1 Å². The number of carboxylic acid groups (broad SMARTS) is 4. The molecule has 0 unspecified atom stereocenters. The third kappa shape index (κ3) is 3.07. The summed E-state index contributed by atoms with van der Waals surface area (Å²) in [5, 5.41) is 36.5. The second-order valence-electron chi connectivity index (χ2n) is 4.74. The first-order chi connectivity index (χ1) is 11.2. The Balaban J connectivity index is 2.79. The van der Waals surface area contributed by atoms with Crippen LogP contribution in [0.1, 0.15) is 41.4 Å². The Morgan fingerprint density at radius 3 is 1.58 bits per heavy atom. The van der Waals surface area contributed by atoms with Gasteiger partial charge in [0.15, 0.2) is 0 Å². The Labute approximate surface area is 134 Å². The van der Waals surface area contributed by atoms with E-state index < -0.39 is 40.6 Å². The van der Waals surface area contributed by atoms with Gasteiger partial charge in [-0.15, -0.1) is 0 Å². The Bertz CT molecular complexity index is 864. The van der Waals surface area contributed by atoms with E-state index in [1.807, 2.05) is 0 Å². The number of carbonyl (C=O) groups is 4. The minimum absolute atomic E-state index is 0.0523. The maximum Gasteiger partial charge on any atom is 0.337 e. The molecule has 0 aliphatic rings. The molecular formula is C16H10O8. The fraction of sp³-hybridized carbons (Fsp3) is 0. The van der Waals surface area contributed by atoms with Crippen molar-refractivity contribution in [2.45, 2.75) is 0 Å². The quantitative estimate of drug-likeness (QED) is 0.651. The van der Waals surface area contributed by atoms with Gasteiger partial charge in [-0.3, -0.25) is 0 Å². The summed E-state index contributed by atoms with van der Waals surface area (Å²) in [6, 6.07) is 6.77. The van der Waals surface area contributed by atoms with Crippen molar-refractivity contribution in [3.8, 4) is 11.1 Å². The minimum Gasteiger partial charge on any atom is -0.478 e. The van der Waals surface area contributed by atoms with Crippen LogP contribution >= 0.6 is 0 Å². The second-order valence-corrected chi connectivity index (χ2v) is 4.74. The highest BCUT2D eigenvalue weighted by Gasteiger charge is 2.24. The molecule has 2 aromatic rings. The summed E-state index contributed by atoms with van der Waals surface area (Å²) in [5.41, 5.74) is -1.63. The SMILES string of the molecule is O=C(O)c1ccc(-c2cc(C(=O)O)cc(C(=O)O)c2C(=O)O)cc1. The molecule has 0 saturated carbocycles. The van der Waals surface area contributed by atoms with Gasteiger partial charge in [0.05, 0.1) is 22.3 Å². The number of aromatic carboxylic acids is 4. The topological polar surface area (TPSA) is 149 Å². The van der Waals surface area contributed by atoms with E-state index in [0.29, 0.717) is 0 Å². The lowest BCUT2D eigenvalue weighted by Crippen LogP contribution is -2.12. The lowest BCUT2D eigenvalue weighted by atomic mass is 9.92. The second kappa shape index (κ2) is 6.21. The van der Waals surface area contributed by atoms with Gasteiger partial charge in [-0.25, -0.2) is 19.2 Å². The summed E-state index contributed by atoms with van der Waals surface area (Å²) in [6.45, 7) is 0. The predicted octanol–water partition coefficient (Wildman–Crippen LogP) is 2.15. The largest absolute Gasteiger partial charge is 0.478 e. The molecule has 0 bridgehead atoms. The van der Waals surface area contributed by atoms with Gasteiger partial charge in [0.1, 0.15) is 0 Å². The lowest BCUT2D eigenvalue weighted by molar-refractivity contribution is 0.0650. The third-order valence-corrected chi connectivity index (χ3v) is 3.27. The van der Waals surface area contributed by atoms with E-state index in [1.165, 1.54) is 24.3 Å². The van der Waals surface area contributed by atoms with Crippen molar-refractivity contribution < 1.29 is 39.6 Å². The smallest absolute Gasteiger partial charge is 0.337 e. The van der Waals surface area contributed by atoms with Crippen LogP contribution in [0, 0.1) is 0 Å². The highest BCUT2D eigenvalue weighted by Crippen LogP contribution is 2.29. The van der Waals surface area contributed by atoms with Crippen LogP contribution in [-0.4, -0.2) is 44.3 Å². The lowest BCUT2D eigenvalue weighted by Gasteiger charge is -2.11. The molecule has 4 N–H and O–H groups in total. The molecular weight excluding hydrogens is 320 g/mol. The first kappa shape index (κ1) is 16.7. The summed E-state index contributed by atoms with van der Waals surface area (Å²) >= 11 is 0. The Morgan fingerprint density at radius 2 is 1.17 bits per heavy atom. The maximum absolute atomic E-state index is 11.5. The van der Waals surface area contributed by atoms with Crippen molar-refractivity contribution in [1.29, 1.82) is 0 Å². The molecule has 0 amide bonds. The van der Waals surface area contributed by atoms with E-state index in [4.69, 9.17) is 10.2 Å². The van der Waals surface area contributed by atoms with Crippen LogP contribution in [0.15, 0.2) is 36.4 Å². The predicted molar refractivity (Wildman–Crippen MR) is 79.7 cm³/mol. The molecule has 0 spiro atoms. The van der Waals surface area contributed by atoms with Crippen molar-refractivity contribution in [2.75, 3.05) is 0 Å². The van der Waals surface area contributed by atoms with Gasteiger partial charge in [-0.05, 0) is 35.4 Å². The first-order valence-corrected chi connectivity index (χ1v) is 6.44. The van der Waals surface area contributed by atoms with E-state index in [1.54, 1.807) is 0 Å². The molecule has 0 aromatic heterocycles. The zero-order valence-corrected chi connectivity index (χ0v) is 11.9. The maximum atomic E-state index is 11.5. The molecule has 122 valence electrons. The molecule has 0 aliphatic heterocycles. The average Bonchev–Trinajstić information content (AvgIpc) is 2.53. The fourth-order valence-corrected chi connectivity index (χ4v) is 2.18. The first-order valence-electron chi connectivity index (χ1n) is 6.44. The van der Waals surface area contributed by atoms with Gasteiger partial charge < -0.3 is 20.4 Å². The molecule has 0 aliphatic carbocycles. The zero-order valence-electron chi connectivity index (χ0n) is 11.9.